The Kier molecular flexibility index (Phi) is 4.39. The maximum Gasteiger partial charge on any atom is 0.407 e. The van der Waals surface area contributed by atoms with E-state index in [1.54, 1.807) is 0 Å². The number of nitrogens with one attached hydrogen (secondary N) is 1. The van der Waals surface area contributed by atoms with Crippen molar-refractivity contribution in [1.29, 1.82) is 0 Å². The van der Waals surface area contributed by atoms with Crippen LogP contribution in [-0.2, 0) is 4.74 Å². The number of carbonyl (C=O) groups excluding carboxylic acids is 1. The van der Waals surface area contributed by atoms with Crippen LogP contribution in [0.4, 0.5) is 4.79 Å². The molecule has 0 aromatic heterocycles. The fourth-order valence-corrected chi connectivity index (χ4v) is 2.93. The molecule has 0 saturated carbocycles. The van der Waals surface area contributed by atoms with Crippen LogP contribution in [0.2, 0.25) is 0 Å². The molecule has 1 N–H and O–H groups in total. The number of methoxy groups -OCH3 is 1. The maximum atomic E-state index is 11.3. The highest BCUT2D eigenvalue weighted by molar-refractivity contribution is 5.67. The van der Waals surface area contributed by atoms with Crippen molar-refractivity contribution in [1.82, 2.24) is 10.2 Å². The largest absolute Gasteiger partial charge is 0.453 e. The Hall–Kier alpha value is -2.33. The summed E-state index contributed by atoms with van der Waals surface area (Å²) < 4.78 is 4.65. The van der Waals surface area contributed by atoms with Crippen LogP contribution in [-0.4, -0.2) is 37.2 Å². The summed E-state index contributed by atoms with van der Waals surface area (Å²) in [6.07, 6.45) is -0.361. The van der Waals surface area contributed by atoms with Crippen molar-refractivity contribution < 1.29 is 9.53 Å². The average molecular weight is 296 g/mol. The standard InChI is InChI=1S/C18H20N2O2/c1-22-18(21)19-16-12-20(13-16)17(14-8-4-2-5-9-14)15-10-6-3-7-11-15/h2-11,16-17H,12-13H2,1H3,(H,19,21). The Bertz CT molecular complexity index is 570. The van der Waals surface area contributed by atoms with E-state index in [1.165, 1.54) is 18.2 Å². The molecule has 2 aromatic carbocycles. The van der Waals surface area contributed by atoms with Crippen LogP contribution in [0.1, 0.15) is 17.2 Å². The molecule has 1 saturated heterocycles. The zero-order chi connectivity index (χ0) is 15.4. The molecule has 4 nitrogen and oxygen atoms in total. The molecule has 22 heavy (non-hydrogen) atoms. The van der Waals surface area contributed by atoms with Gasteiger partial charge in [0.25, 0.3) is 0 Å². The van der Waals surface area contributed by atoms with Gasteiger partial charge in [-0.05, 0) is 11.1 Å². The van der Waals surface area contributed by atoms with Crippen LogP contribution < -0.4 is 5.32 Å². The molecule has 114 valence electrons. The molecular weight excluding hydrogens is 276 g/mol. The van der Waals surface area contributed by atoms with Crippen molar-refractivity contribution in [3.63, 3.8) is 0 Å². The topological polar surface area (TPSA) is 41.6 Å². The molecule has 1 amide bonds. The van der Waals surface area contributed by atoms with Crippen LogP contribution in [0.3, 0.4) is 0 Å². The number of likely N-dealkylation sites (tertiary alicyclic amines) is 1. The first-order chi connectivity index (χ1) is 10.8. The monoisotopic (exact) mass is 296 g/mol. The zero-order valence-electron chi connectivity index (χ0n) is 12.6. The third-order valence-corrected chi connectivity index (χ3v) is 4.01. The molecular formula is C18H20N2O2. The van der Waals surface area contributed by atoms with Gasteiger partial charge in [-0.3, -0.25) is 4.90 Å². The number of hydrogen-bond acceptors (Lipinski definition) is 3. The molecule has 1 aliphatic heterocycles. The van der Waals surface area contributed by atoms with Gasteiger partial charge in [0.05, 0.1) is 19.2 Å². The lowest BCUT2D eigenvalue weighted by Crippen LogP contribution is -2.60. The van der Waals surface area contributed by atoms with E-state index in [0.717, 1.165) is 13.1 Å². The fraction of sp³-hybridized carbons (Fsp3) is 0.278. The van der Waals surface area contributed by atoms with Gasteiger partial charge in [0.15, 0.2) is 0 Å². The minimum atomic E-state index is -0.361. The first-order valence-corrected chi connectivity index (χ1v) is 7.46. The highest BCUT2D eigenvalue weighted by Gasteiger charge is 2.34. The summed E-state index contributed by atoms with van der Waals surface area (Å²) in [7, 11) is 1.39. The maximum absolute atomic E-state index is 11.3. The molecule has 1 heterocycles. The van der Waals surface area contributed by atoms with Crippen LogP contribution in [0.15, 0.2) is 60.7 Å². The van der Waals surface area contributed by atoms with Crippen LogP contribution in [0, 0.1) is 0 Å². The van der Waals surface area contributed by atoms with Gasteiger partial charge in [0, 0.05) is 13.1 Å². The second-order valence-corrected chi connectivity index (χ2v) is 5.51. The van der Waals surface area contributed by atoms with E-state index in [-0.39, 0.29) is 18.2 Å². The molecule has 1 aliphatic rings. The van der Waals surface area contributed by atoms with Gasteiger partial charge >= 0.3 is 6.09 Å². The van der Waals surface area contributed by atoms with E-state index in [4.69, 9.17) is 0 Å². The molecule has 0 unspecified atom stereocenters. The smallest absolute Gasteiger partial charge is 0.407 e. The molecule has 0 atom stereocenters. The number of nitrogens with zero attached hydrogens (tertiary/aromatic N) is 1. The number of alkyl carbamates (subject to hydrolysis) is 1. The number of hydrogen-bond donors (Lipinski definition) is 1. The van der Waals surface area contributed by atoms with Crippen molar-refractivity contribution in [2.45, 2.75) is 12.1 Å². The van der Waals surface area contributed by atoms with E-state index < -0.39 is 0 Å². The molecule has 0 spiro atoms. The highest BCUT2D eigenvalue weighted by Crippen LogP contribution is 2.32. The first kappa shape index (κ1) is 14.6. The second-order valence-electron chi connectivity index (χ2n) is 5.51. The Balaban J connectivity index is 1.76. The van der Waals surface area contributed by atoms with E-state index in [1.807, 2.05) is 12.1 Å². The van der Waals surface area contributed by atoms with Crippen molar-refractivity contribution in [2.24, 2.45) is 0 Å². The summed E-state index contributed by atoms with van der Waals surface area (Å²) in [6.45, 7) is 1.65. The van der Waals surface area contributed by atoms with Crippen LogP contribution in [0.5, 0.6) is 0 Å². The lowest BCUT2D eigenvalue weighted by molar-refractivity contribution is 0.0859. The molecule has 4 heteroatoms. The Morgan fingerprint density at radius 3 is 2.00 bits per heavy atom. The summed E-state index contributed by atoms with van der Waals surface area (Å²) in [4.78, 5) is 13.6. The van der Waals surface area contributed by atoms with Gasteiger partial charge in [0.1, 0.15) is 0 Å². The molecule has 3 rings (SSSR count). The average Bonchev–Trinajstić information content (AvgIpc) is 2.54. The number of ether oxygens (including phenoxy) is 1. The second kappa shape index (κ2) is 6.62. The van der Waals surface area contributed by atoms with Gasteiger partial charge in [-0.25, -0.2) is 4.79 Å². The predicted molar refractivity (Wildman–Crippen MR) is 85.6 cm³/mol. The van der Waals surface area contributed by atoms with E-state index >= 15 is 0 Å². The van der Waals surface area contributed by atoms with E-state index in [9.17, 15) is 4.79 Å². The predicted octanol–water partition coefficient (Wildman–Crippen LogP) is 2.82. The van der Waals surface area contributed by atoms with E-state index in [0.29, 0.717) is 0 Å². The summed E-state index contributed by atoms with van der Waals surface area (Å²) in [5, 5.41) is 2.85. The van der Waals surface area contributed by atoms with Crippen molar-refractivity contribution >= 4 is 6.09 Å². The normalized spacial score (nSPS) is 15.4. The van der Waals surface area contributed by atoms with Gasteiger partial charge in [-0.15, -0.1) is 0 Å². The Morgan fingerprint density at radius 2 is 1.55 bits per heavy atom. The highest BCUT2D eigenvalue weighted by atomic mass is 16.5. The minimum absolute atomic E-state index is 0.155. The van der Waals surface area contributed by atoms with Crippen molar-refractivity contribution in [3.05, 3.63) is 71.8 Å². The Labute approximate surface area is 130 Å². The number of rotatable bonds is 4. The summed E-state index contributed by atoms with van der Waals surface area (Å²) >= 11 is 0. The summed E-state index contributed by atoms with van der Waals surface area (Å²) in [5.74, 6) is 0. The van der Waals surface area contributed by atoms with Gasteiger partial charge in [-0.2, -0.15) is 0 Å². The molecule has 2 aromatic rings. The lowest BCUT2D eigenvalue weighted by atomic mass is 9.93. The number of amides is 1. The van der Waals surface area contributed by atoms with Crippen molar-refractivity contribution in [2.75, 3.05) is 20.2 Å². The SMILES string of the molecule is COC(=O)NC1CN(C(c2ccccc2)c2ccccc2)C1. The zero-order valence-corrected chi connectivity index (χ0v) is 12.6. The quantitative estimate of drug-likeness (QED) is 0.943. The van der Waals surface area contributed by atoms with Gasteiger partial charge in [0.2, 0.25) is 0 Å². The summed E-state index contributed by atoms with van der Waals surface area (Å²) in [6, 6.07) is 21.3. The number of carbonyl (C=O) groups is 1. The van der Waals surface area contributed by atoms with E-state index in [2.05, 4.69) is 63.5 Å². The molecule has 0 bridgehead atoms. The molecule has 0 radical (unpaired) electrons. The molecule has 1 fully saturated rings. The van der Waals surface area contributed by atoms with Crippen LogP contribution in [0.25, 0.3) is 0 Å². The Morgan fingerprint density at radius 1 is 1.05 bits per heavy atom. The molecule has 0 aliphatic carbocycles. The van der Waals surface area contributed by atoms with Gasteiger partial charge < -0.3 is 10.1 Å². The first-order valence-electron chi connectivity index (χ1n) is 7.46. The number of benzene rings is 2. The third-order valence-electron chi connectivity index (χ3n) is 4.01. The van der Waals surface area contributed by atoms with Crippen LogP contribution >= 0.6 is 0 Å². The third kappa shape index (κ3) is 3.12. The minimum Gasteiger partial charge on any atom is -0.453 e. The van der Waals surface area contributed by atoms with Gasteiger partial charge in [-0.1, -0.05) is 60.7 Å². The lowest BCUT2D eigenvalue weighted by Gasteiger charge is -2.44. The van der Waals surface area contributed by atoms with Crippen molar-refractivity contribution in [3.8, 4) is 0 Å². The summed E-state index contributed by atoms with van der Waals surface area (Å²) in [5.41, 5.74) is 2.54. The fourth-order valence-electron chi connectivity index (χ4n) is 2.93.